The number of hydrogen-bond donors (Lipinski definition) is 0. The van der Waals surface area contributed by atoms with E-state index in [9.17, 15) is 14.9 Å². The zero-order chi connectivity index (χ0) is 14.6. The van der Waals surface area contributed by atoms with Crippen LogP contribution < -0.4 is 4.74 Å². The Bertz CT molecular complexity index is 491. The number of ether oxygens (including phenoxy) is 1. The van der Waals surface area contributed by atoms with Gasteiger partial charge in [-0.1, -0.05) is 0 Å². The first-order chi connectivity index (χ1) is 8.86. The van der Waals surface area contributed by atoms with Crippen LogP contribution in [-0.2, 0) is 0 Å². The van der Waals surface area contributed by atoms with Crippen LogP contribution in [-0.4, -0.2) is 41.8 Å². The number of halogens is 1. The van der Waals surface area contributed by atoms with E-state index in [1.807, 2.05) is 0 Å². The van der Waals surface area contributed by atoms with Gasteiger partial charge in [0.2, 0.25) is 0 Å². The normalized spacial score (nSPS) is 11.8. The lowest BCUT2D eigenvalue weighted by Crippen LogP contribution is -2.31. The number of carbonyl (C=O) groups excluding carboxylic acids is 1. The molecule has 7 heteroatoms. The number of rotatable bonds is 5. The summed E-state index contributed by atoms with van der Waals surface area (Å²) in [7, 11) is 2.97. The molecule has 0 spiro atoms. The summed E-state index contributed by atoms with van der Waals surface area (Å²) in [6.07, 6.45) is 0. The van der Waals surface area contributed by atoms with Gasteiger partial charge in [-0.05, 0) is 13.0 Å². The summed E-state index contributed by atoms with van der Waals surface area (Å²) < 4.78 is 5.03. The van der Waals surface area contributed by atoms with E-state index in [1.54, 1.807) is 14.0 Å². The highest BCUT2D eigenvalue weighted by Crippen LogP contribution is 2.25. The third kappa shape index (κ3) is 3.82. The average Bonchev–Trinajstić information content (AvgIpc) is 2.36. The summed E-state index contributed by atoms with van der Waals surface area (Å²) in [5, 5.41) is 10.5. The number of carbonyl (C=O) groups is 1. The first kappa shape index (κ1) is 15.2. The molecule has 0 aliphatic rings. The molecule has 1 unspecified atom stereocenters. The molecule has 6 nitrogen and oxygen atoms in total. The van der Waals surface area contributed by atoms with Gasteiger partial charge in [-0.2, -0.15) is 0 Å². The third-order valence-electron chi connectivity index (χ3n) is 2.50. The van der Waals surface area contributed by atoms with Crippen molar-refractivity contribution in [3.8, 4) is 5.75 Å². The van der Waals surface area contributed by atoms with Crippen molar-refractivity contribution in [3.05, 3.63) is 33.9 Å². The first-order valence-corrected chi connectivity index (χ1v) is 6.02. The van der Waals surface area contributed by atoms with E-state index < -0.39 is 4.92 Å². The maximum Gasteiger partial charge on any atom is 0.273 e. The molecule has 104 valence electrons. The maximum absolute atomic E-state index is 12.2. The molecule has 0 bridgehead atoms. The molecule has 0 aromatic heterocycles. The zero-order valence-electron chi connectivity index (χ0n) is 10.9. The summed E-state index contributed by atoms with van der Waals surface area (Å²) in [4.78, 5) is 23.7. The lowest BCUT2D eigenvalue weighted by atomic mass is 10.1. The second-order valence-electron chi connectivity index (χ2n) is 4.11. The van der Waals surface area contributed by atoms with Gasteiger partial charge in [-0.25, -0.2) is 0 Å². The minimum atomic E-state index is -0.540. The molecule has 0 saturated carbocycles. The highest BCUT2D eigenvalue weighted by atomic mass is 35.5. The Hall–Kier alpha value is -1.82. The average molecular weight is 287 g/mol. The van der Waals surface area contributed by atoms with E-state index in [0.717, 1.165) is 0 Å². The van der Waals surface area contributed by atoms with Crippen LogP contribution in [0.25, 0.3) is 0 Å². The number of nitro groups is 1. The van der Waals surface area contributed by atoms with Crippen molar-refractivity contribution in [2.24, 2.45) is 0 Å². The Labute approximate surface area is 116 Å². The Morgan fingerprint density at radius 2 is 2.21 bits per heavy atom. The van der Waals surface area contributed by atoms with E-state index in [1.165, 1.54) is 30.2 Å². The van der Waals surface area contributed by atoms with Crippen molar-refractivity contribution in [2.75, 3.05) is 20.7 Å². The van der Waals surface area contributed by atoms with Gasteiger partial charge in [0, 0.05) is 25.0 Å². The first-order valence-electron chi connectivity index (χ1n) is 5.58. The second kappa shape index (κ2) is 6.38. The zero-order valence-corrected chi connectivity index (χ0v) is 11.7. The smallest absolute Gasteiger partial charge is 0.273 e. The van der Waals surface area contributed by atoms with Crippen LogP contribution in [0.4, 0.5) is 5.69 Å². The molecule has 0 aliphatic heterocycles. The highest BCUT2D eigenvalue weighted by Gasteiger charge is 2.20. The van der Waals surface area contributed by atoms with Crippen LogP contribution in [0.15, 0.2) is 18.2 Å². The van der Waals surface area contributed by atoms with Crippen molar-refractivity contribution < 1.29 is 14.5 Å². The quantitative estimate of drug-likeness (QED) is 0.473. The number of non-ortho nitro benzene ring substituents is 1. The largest absolute Gasteiger partial charge is 0.496 e. The highest BCUT2D eigenvalue weighted by molar-refractivity contribution is 6.20. The number of amides is 1. The van der Waals surface area contributed by atoms with Crippen molar-refractivity contribution >= 4 is 23.2 Å². The second-order valence-corrected chi connectivity index (χ2v) is 4.85. The Morgan fingerprint density at radius 3 is 2.68 bits per heavy atom. The van der Waals surface area contributed by atoms with Crippen LogP contribution in [0, 0.1) is 10.1 Å². The van der Waals surface area contributed by atoms with Gasteiger partial charge < -0.3 is 9.64 Å². The molecule has 1 aromatic rings. The number of hydrogen-bond acceptors (Lipinski definition) is 4. The van der Waals surface area contributed by atoms with Crippen LogP contribution >= 0.6 is 11.6 Å². The molecule has 0 aliphatic carbocycles. The molecule has 1 aromatic carbocycles. The van der Waals surface area contributed by atoms with Gasteiger partial charge in [-0.15, -0.1) is 11.6 Å². The summed E-state index contributed by atoms with van der Waals surface area (Å²) in [6, 6.07) is 3.88. The van der Waals surface area contributed by atoms with Crippen molar-refractivity contribution in [2.45, 2.75) is 12.3 Å². The molecule has 1 amide bonds. The van der Waals surface area contributed by atoms with Crippen molar-refractivity contribution in [3.63, 3.8) is 0 Å². The Morgan fingerprint density at radius 1 is 1.58 bits per heavy atom. The molecule has 0 N–H and O–H groups in total. The SMILES string of the molecule is COc1cc([N+](=O)[O-])ccc1C(=O)N(C)CC(C)Cl. The summed E-state index contributed by atoms with van der Waals surface area (Å²) >= 11 is 5.83. The van der Waals surface area contributed by atoms with Gasteiger partial charge in [0.05, 0.1) is 23.7 Å². The number of nitro benzene ring substituents is 1. The standard InChI is InChI=1S/C12H15ClN2O4/c1-8(13)7-14(2)12(16)10-5-4-9(15(17)18)6-11(10)19-3/h4-6,8H,7H2,1-3H3. The fourth-order valence-electron chi connectivity index (χ4n) is 1.64. The summed E-state index contributed by atoms with van der Waals surface area (Å²) in [5.41, 5.74) is 0.148. The number of alkyl halides is 1. The number of benzene rings is 1. The predicted octanol–water partition coefficient (Wildman–Crippen LogP) is 2.30. The lowest BCUT2D eigenvalue weighted by Gasteiger charge is -2.19. The lowest BCUT2D eigenvalue weighted by molar-refractivity contribution is -0.384. The molecule has 0 saturated heterocycles. The Balaban J connectivity index is 3.06. The molecular formula is C12H15ClN2O4. The number of methoxy groups -OCH3 is 1. The van der Waals surface area contributed by atoms with Crippen LogP contribution in [0.2, 0.25) is 0 Å². The van der Waals surface area contributed by atoms with Crippen LogP contribution in [0.5, 0.6) is 5.75 Å². The maximum atomic E-state index is 12.2. The molecule has 1 atom stereocenters. The fourth-order valence-corrected chi connectivity index (χ4v) is 1.84. The van der Waals surface area contributed by atoms with Crippen molar-refractivity contribution in [1.82, 2.24) is 4.90 Å². The third-order valence-corrected chi connectivity index (χ3v) is 2.64. The van der Waals surface area contributed by atoms with Crippen molar-refractivity contribution in [1.29, 1.82) is 0 Å². The molecule has 19 heavy (non-hydrogen) atoms. The van der Waals surface area contributed by atoms with E-state index in [2.05, 4.69) is 0 Å². The van der Waals surface area contributed by atoms with Gasteiger partial charge in [0.15, 0.2) is 0 Å². The fraction of sp³-hybridized carbons (Fsp3) is 0.417. The predicted molar refractivity (Wildman–Crippen MR) is 71.9 cm³/mol. The van der Waals surface area contributed by atoms with E-state index >= 15 is 0 Å². The van der Waals surface area contributed by atoms with E-state index in [0.29, 0.717) is 6.54 Å². The Kier molecular flexibility index (Phi) is 5.11. The van der Waals surface area contributed by atoms with Gasteiger partial charge in [-0.3, -0.25) is 14.9 Å². The molecule has 1 rings (SSSR count). The van der Waals surface area contributed by atoms with Crippen LogP contribution in [0.1, 0.15) is 17.3 Å². The summed E-state index contributed by atoms with van der Waals surface area (Å²) in [5.74, 6) is -0.118. The topological polar surface area (TPSA) is 72.7 Å². The minimum Gasteiger partial charge on any atom is -0.496 e. The van der Waals surface area contributed by atoms with E-state index in [-0.39, 0.29) is 28.3 Å². The molecular weight excluding hydrogens is 272 g/mol. The minimum absolute atomic E-state index is 0.123. The van der Waals surface area contributed by atoms with Gasteiger partial charge in [0.25, 0.3) is 11.6 Å². The van der Waals surface area contributed by atoms with Gasteiger partial charge in [0.1, 0.15) is 5.75 Å². The van der Waals surface area contributed by atoms with Gasteiger partial charge >= 0.3 is 0 Å². The van der Waals surface area contributed by atoms with Crippen LogP contribution in [0.3, 0.4) is 0 Å². The number of nitrogens with zero attached hydrogens (tertiary/aromatic N) is 2. The molecule has 0 radical (unpaired) electrons. The monoisotopic (exact) mass is 286 g/mol. The molecule has 0 heterocycles. The molecule has 0 fully saturated rings. The summed E-state index contributed by atoms with van der Waals surface area (Å²) in [6.45, 7) is 2.15. The van der Waals surface area contributed by atoms with E-state index in [4.69, 9.17) is 16.3 Å².